The van der Waals surface area contributed by atoms with E-state index in [0.717, 1.165) is 0 Å². The molecule has 318 valence electrons. The van der Waals surface area contributed by atoms with Gasteiger partial charge in [0.1, 0.15) is 47.2 Å². The minimum Gasteiger partial charge on any atom is -0.508 e. The number of carbonyl (C=O) groups excluding carboxylic acids is 6. The van der Waals surface area contributed by atoms with E-state index in [1.165, 1.54) is 12.1 Å². The lowest BCUT2D eigenvalue weighted by Crippen LogP contribution is -2.56. The number of fused-ring (bicyclic) bond motifs is 5. The first-order valence-corrected chi connectivity index (χ1v) is 18.8. The summed E-state index contributed by atoms with van der Waals surface area (Å²) in [7, 11) is 0. The molecule has 0 saturated carbocycles. The molecule has 3 atom stereocenters. The summed E-state index contributed by atoms with van der Waals surface area (Å²) in [4.78, 5) is 90.9. The van der Waals surface area contributed by atoms with Crippen LogP contribution in [0.1, 0.15) is 86.3 Å². The summed E-state index contributed by atoms with van der Waals surface area (Å²) >= 11 is 0. The smallest absolute Gasteiger partial charge is 0.408 e. The zero-order valence-corrected chi connectivity index (χ0v) is 34.4. The molecule has 0 spiro atoms. The maximum absolute atomic E-state index is 14.0. The number of alkyl carbamates (subject to hydrolysis) is 3. The second-order valence-electron chi connectivity index (χ2n) is 16.8. The third kappa shape index (κ3) is 15.8. The Morgan fingerprint density at radius 1 is 0.724 bits per heavy atom. The molecular weight excluding hydrogens is 756 g/mol. The molecule has 4 bridgehead atoms. The van der Waals surface area contributed by atoms with E-state index in [1.807, 2.05) is 0 Å². The van der Waals surface area contributed by atoms with Crippen molar-refractivity contribution in [3.05, 3.63) is 47.5 Å². The molecule has 1 heterocycles. The fraction of sp³-hybridized carbons (Fsp3) is 0.525. The van der Waals surface area contributed by atoms with Crippen LogP contribution in [-0.2, 0) is 46.2 Å². The SMILES string of the molecule is CC(C)(C)OC(=O)NCCC[C@@H]1NC(=O)[C@@H](NC(=O)OC(C)(C)C)Cc2cc(ccc2O)-c2ccc(NC(=O)CNC(=O)OC(C)(C)C)c(c2)C[C@@H](C(=O)O)NC1=O. The van der Waals surface area contributed by atoms with E-state index in [9.17, 15) is 43.8 Å². The van der Waals surface area contributed by atoms with Gasteiger partial charge in [-0.15, -0.1) is 0 Å². The summed E-state index contributed by atoms with van der Waals surface area (Å²) in [5.41, 5.74) is -0.759. The predicted octanol–water partition coefficient (Wildman–Crippen LogP) is 3.87. The summed E-state index contributed by atoms with van der Waals surface area (Å²) < 4.78 is 15.8. The van der Waals surface area contributed by atoms with Crippen molar-refractivity contribution in [3.63, 3.8) is 0 Å². The highest BCUT2D eigenvalue weighted by Crippen LogP contribution is 2.31. The van der Waals surface area contributed by atoms with E-state index in [1.54, 1.807) is 86.6 Å². The minimum atomic E-state index is -1.59. The molecule has 8 N–H and O–H groups in total. The Labute approximate surface area is 337 Å². The van der Waals surface area contributed by atoms with Gasteiger partial charge in [0.2, 0.25) is 17.7 Å². The Balaban J connectivity index is 2.06. The normalized spacial score (nSPS) is 17.5. The number of carboxylic acids is 1. The maximum atomic E-state index is 14.0. The average Bonchev–Trinajstić information content (AvgIpc) is 3.06. The number of hydrogen-bond donors (Lipinski definition) is 8. The third-order valence-electron chi connectivity index (χ3n) is 8.03. The number of carbonyl (C=O) groups is 7. The van der Waals surface area contributed by atoms with Gasteiger partial charge in [-0.1, -0.05) is 12.1 Å². The van der Waals surface area contributed by atoms with E-state index in [-0.39, 0.29) is 54.8 Å². The molecule has 0 unspecified atom stereocenters. The number of carboxylic acid groups (broad SMARTS) is 1. The quantitative estimate of drug-likeness (QED) is 0.133. The first kappa shape index (κ1) is 46.3. The van der Waals surface area contributed by atoms with Crippen LogP contribution in [-0.4, -0.2) is 100 Å². The molecule has 0 fully saturated rings. The highest BCUT2D eigenvalue weighted by molar-refractivity contribution is 5.96. The van der Waals surface area contributed by atoms with Gasteiger partial charge in [-0.05, 0) is 122 Å². The number of ether oxygens (including phenoxy) is 3. The molecule has 0 aliphatic carbocycles. The van der Waals surface area contributed by atoms with Gasteiger partial charge in [0.15, 0.2) is 0 Å². The summed E-state index contributed by atoms with van der Waals surface area (Å²) in [5, 5.41) is 36.5. The van der Waals surface area contributed by atoms with Crippen molar-refractivity contribution in [3.8, 4) is 16.9 Å². The zero-order chi connectivity index (χ0) is 43.6. The summed E-state index contributed by atoms with van der Waals surface area (Å²) in [5.74, 6) is -4.02. The van der Waals surface area contributed by atoms with E-state index in [2.05, 4.69) is 31.9 Å². The number of anilines is 1. The number of benzene rings is 2. The monoisotopic (exact) mass is 812 g/mol. The van der Waals surface area contributed by atoms with Gasteiger partial charge in [-0.25, -0.2) is 19.2 Å². The number of aliphatic carboxylic acids is 1. The molecule has 2 aromatic carbocycles. The summed E-state index contributed by atoms with van der Waals surface area (Å²) in [6.07, 6.45) is -3.06. The second-order valence-corrected chi connectivity index (χ2v) is 16.8. The van der Waals surface area contributed by atoms with Gasteiger partial charge in [0, 0.05) is 25.1 Å². The lowest BCUT2D eigenvalue weighted by atomic mass is 9.95. The van der Waals surface area contributed by atoms with Crippen LogP contribution in [0, 0.1) is 0 Å². The van der Waals surface area contributed by atoms with E-state index >= 15 is 0 Å². The summed E-state index contributed by atoms with van der Waals surface area (Å²) in [6.45, 7) is 14.5. The van der Waals surface area contributed by atoms with Gasteiger partial charge >= 0.3 is 24.2 Å². The molecule has 0 radical (unpaired) electrons. The van der Waals surface area contributed by atoms with Crippen molar-refractivity contribution in [2.24, 2.45) is 0 Å². The predicted molar refractivity (Wildman–Crippen MR) is 212 cm³/mol. The lowest BCUT2D eigenvalue weighted by molar-refractivity contribution is -0.142. The fourth-order valence-electron chi connectivity index (χ4n) is 5.58. The molecule has 3 rings (SSSR count). The number of aromatic hydroxyl groups is 1. The standard InChI is InChI=1S/C40H56N6O12/c1-38(2,3)56-35(53)41-16-10-11-27-32(49)45-29(34(51)52)19-24-17-22(12-14-26(24)43-31(48)21-42-36(54)57-39(4,5)6)23-13-15-30(47)25(18-23)20-28(33(50)44-27)46-37(55)58-40(7,8)9/h12-15,17-18,27-29,47H,10-11,16,19-21H2,1-9H3,(H,41,53)(H,42,54)(H,43,48)(H,44,50)(H,45,49)(H,46,55)(H,51,52)/t27-,28-,29-/m0/s1. The fourth-order valence-corrected chi connectivity index (χ4v) is 5.58. The Bertz CT molecular complexity index is 1860. The third-order valence-corrected chi connectivity index (χ3v) is 8.03. The van der Waals surface area contributed by atoms with Gasteiger partial charge in [0.05, 0.1) is 0 Å². The molecule has 6 amide bonds. The number of nitrogens with one attached hydrogen (secondary N) is 6. The lowest BCUT2D eigenvalue weighted by Gasteiger charge is -2.26. The largest absolute Gasteiger partial charge is 0.508 e. The molecule has 18 nitrogen and oxygen atoms in total. The van der Waals surface area contributed by atoms with Gasteiger partial charge in [0.25, 0.3) is 0 Å². The Hall–Kier alpha value is -6.07. The van der Waals surface area contributed by atoms with Crippen LogP contribution in [0.5, 0.6) is 5.75 Å². The van der Waals surface area contributed by atoms with Crippen molar-refractivity contribution < 1.29 is 58.0 Å². The van der Waals surface area contributed by atoms with Crippen LogP contribution < -0.4 is 31.9 Å². The van der Waals surface area contributed by atoms with Crippen LogP contribution in [0.25, 0.3) is 11.1 Å². The highest BCUT2D eigenvalue weighted by atomic mass is 16.6. The van der Waals surface area contributed by atoms with Crippen molar-refractivity contribution >= 4 is 47.7 Å². The maximum Gasteiger partial charge on any atom is 0.408 e. The van der Waals surface area contributed by atoms with Crippen LogP contribution in [0.4, 0.5) is 20.1 Å². The highest BCUT2D eigenvalue weighted by Gasteiger charge is 2.32. The van der Waals surface area contributed by atoms with Gasteiger partial charge in [-0.3, -0.25) is 14.4 Å². The van der Waals surface area contributed by atoms with E-state index in [0.29, 0.717) is 11.1 Å². The van der Waals surface area contributed by atoms with Gasteiger partial charge in [-0.2, -0.15) is 0 Å². The Kier molecular flexibility index (Phi) is 15.5. The van der Waals surface area contributed by atoms with Crippen molar-refractivity contribution in [1.82, 2.24) is 26.6 Å². The number of amides is 6. The van der Waals surface area contributed by atoms with E-state index in [4.69, 9.17) is 14.2 Å². The molecule has 18 heteroatoms. The van der Waals surface area contributed by atoms with E-state index < -0.39 is 83.4 Å². The molecule has 0 aromatic heterocycles. The topological polar surface area (TPSA) is 260 Å². The summed E-state index contributed by atoms with van der Waals surface area (Å²) in [6, 6.07) is 4.98. The molecule has 1 aliphatic heterocycles. The first-order valence-electron chi connectivity index (χ1n) is 18.8. The number of hydrogen-bond acceptors (Lipinski definition) is 11. The second kappa shape index (κ2) is 19.4. The molecule has 1 aliphatic rings. The average molecular weight is 813 g/mol. The van der Waals surface area contributed by atoms with Crippen LogP contribution in [0.2, 0.25) is 0 Å². The van der Waals surface area contributed by atoms with Crippen molar-refractivity contribution in [2.45, 2.75) is 123 Å². The molecule has 0 saturated heterocycles. The zero-order valence-electron chi connectivity index (χ0n) is 34.4. The first-order chi connectivity index (χ1) is 26.8. The molecule has 2 aromatic rings. The number of phenols is 1. The van der Waals surface area contributed by atoms with Gasteiger partial charge < -0.3 is 56.3 Å². The number of rotatable bonds is 9. The van der Waals surface area contributed by atoms with Crippen LogP contribution in [0.15, 0.2) is 36.4 Å². The molecular formula is C40H56N6O12. The van der Waals surface area contributed by atoms with Crippen LogP contribution >= 0.6 is 0 Å². The molecule has 58 heavy (non-hydrogen) atoms. The van der Waals surface area contributed by atoms with Crippen LogP contribution in [0.3, 0.4) is 0 Å². The van der Waals surface area contributed by atoms with Crippen molar-refractivity contribution in [1.29, 1.82) is 0 Å². The minimum absolute atomic E-state index is 0.0236. The Morgan fingerprint density at radius 2 is 1.28 bits per heavy atom. The Morgan fingerprint density at radius 3 is 1.86 bits per heavy atom. The number of phenolic OH excluding ortho intramolecular Hbond substituents is 1. The van der Waals surface area contributed by atoms with Crippen molar-refractivity contribution in [2.75, 3.05) is 18.4 Å².